The van der Waals surface area contributed by atoms with Crippen LogP contribution >= 0.6 is 15.9 Å². The van der Waals surface area contributed by atoms with Gasteiger partial charge in [-0.2, -0.15) is 5.26 Å². The first-order valence-corrected chi connectivity index (χ1v) is 9.41. The van der Waals surface area contributed by atoms with Gasteiger partial charge in [-0.15, -0.1) is 0 Å². The lowest BCUT2D eigenvalue weighted by Crippen LogP contribution is -2.06. The van der Waals surface area contributed by atoms with Gasteiger partial charge < -0.3 is 9.14 Å². The average Bonchev–Trinajstić information content (AvgIpc) is 3.04. The molecule has 28 heavy (non-hydrogen) atoms. The summed E-state index contributed by atoms with van der Waals surface area (Å²) in [5, 5.41) is 9.32. The number of ketones is 1. The lowest BCUT2D eigenvalue weighted by atomic mass is 10.0. The van der Waals surface area contributed by atoms with Gasteiger partial charge in [0.2, 0.25) is 5.78 Å². The summed E-state index contributed by atoms with van der Waals surface area (Å²) in [4.78, 5) is 13.3. The van der Waals surface area contributed by atoms with Crippen LogP contribution in [0, 0.1) is 11.3 Å². The molecule has 0 aliphatic rings. The molecule has 4 nitrogen and oxygen atoms in total. The second-order valence-electron chi connectivity index (χ2n) is 6.24. The molecule has 2 aromatic heterocycles. The van der Waals surface area contributed by atoms with Crippen molar-refractivity contribution in [2.45, 2.75) is 0 Å². The van der Waals surface area contributed by atoms with Gasteiger partial charge in [-0.3, -0.25) is 4.79 Å². The fraction of sp³-hybridized carbons (Fsp3) is 0.0435. The van der Waals surface area contributed by atoms with Crippen molar-refractivity contribution >= 4 is 27.2 Å². The second-order valence-corrected chi connectivity index (χ2v) is 7.04. The zero-order valence-electron chi connectivity index (χ0n) is 15.0. The maximum Gasteiger partial charge on any atom is 0.210 e. The minimum atomic E-state index is -0.114. The molecule has 0 aliphatic carbocycles. The quantitative estimate of drug-likeness (QED) is 0.402. The molecule has 0 N–H and O–H groups in total. The van der Waals surface area contributed by atoms with Crippen molar-refractivity contribution in [2.75, 3.05) is 7.11 Å². The number of fused-ring (bicyclic) bond motifs is 1. The van der Waals surface area contributed by atoms with Crippen molar-refractivity contribution in [2.24, 2.45) is 0 Å². The predicted octanol–water partition coefficient (Wildman–Crippen LogP) is 5.48. The third-order valence-electron chi connectivity index (χ3n) is 4.64. The first-order valence-electron chi connectivity index (χ1n) is 8.62. The Kier molecular flexibility index (Phi) is 4.72. The summed E-state index contributed by atoms with van der Waals surface area (Å²) in [7, 11) is 1.59. The third-order valence-corrected chi connectivity index (χ3v) is 5.41. The number of halogens is 1. The third kappa shape index (κ3) is 2.98. The zero-order valence-corrected chi connectivity index (χ0v) is 16.6. The van der Waals surface area contributed by atoms with E-state index in [2.05, 4.69) is 22.0 Å². The molecule has 0 saturated carbocycles. The van der Waals surface area contributed by atoms with Crippen molar-refractivity contribution in [3.8, 4) is 22.9 Å². The highest BCUT2D eigenvalue weighted by atomic mass is 79.9. The highest BCUT2D eigenvalue weighted by Gasteiger charge is 2.24. The average molecular weight is 431 g/mol. The standard InChI is InChI=1S/C23H15BrN2O2/c1-28-18-9-7-17(8-10-18)23(27)22-21(24)20(16-5-3-2-4-6-16)19-13-15(14-25)11-12-26(19)22/h2-13H,1H3. The summed E-state index contributed by atoms with van der Waals surface area (Å²) in [6, 6.07) is 22.5. The fourth-order valence-corrected chi connectivity index (χ4v) is 4.06. The van der Waals surface area contributed by atoms with Crippen LogP contribution in [0.2, 0.25) is 0 Å². The van der Waals surface area contributed by atoms with Gasteiger partial charge >= 0.3 is 0 Å². The number of ether oxygens (including phenoxy) is 1. The number of hydrogen-bond donors (Lipinski definition) is 0. The number of carbonyl (C=O) groups excluding carboxylic acids is 1. The SMILES string of the molecule is COc1ccc(C(=O)c2c(Br)c(-c3ccccc3)c3cc(C#N)ccn23)cc1. The largest absolute Gasteiger partial charge is 0.497 e. The molecule has 0 radical (unpaired) electrons. The molecular weight excluding hydrogens is 416 g/mol. The molecule has 4 rings (SSSR count). The monoisotopic (exact) mass is 430 g/mol. The maximum atomic E-state index is 13.3. The molecule has 0 bridgehead atoms. The topological polar surface area (TPSA) is 54.5 Å². The molecule has 0 fully saturated rings. The van der Waals surface area contributed by atoms with E-state index in [1.165, 1.54) is 0 Å². The lowest BCUT2D eigenvalue weighted by Gasteiger charge is -2.05. The van der Waals surface area contributed by atoms with Crippen LogP contribution in [0.15, 0.2) is 77.4 Å². The van der Waals surface area contributed by atoms with Crippen LogP contribution < -0.4 is 4.74 Å². The van der Waals surface area contributed by atoms with Gasteiger partial charge in [0, 0.05) is 17.3 Å². The first-order chi connectivity index (χ1) is 13.6. The number of nitriles is 1. The van der Waals surface area contributed by atoms with E-state index in [1.807, 2.05) is 34.7 Å². The molecule has 5 heteroatoms. The number of methoxy groups -OCH3 is 1. The Balaban J connectivity index is 1.97. The van der Waals surface area contributed by atoms with Crippen molar-refractivity contribution in [3.05, 3.63) is 94.2 Å². The summed E-state index contributed by atoms with van der Waals surface area (Å²) in [6.45, 7) is 0. The molecule has 0 saturated heterocycles. The predicted molar refractivity (Wildman–Crippen MR) is 112 cm³/mol. The van der Waals surface area contributed by atoms with Crippen molar-refractivity contribution in [3.63, 3.8) is 0 Å². The van der Waals surface area contributed by atoms with E-state index in [9.17, 15) is 10.1 Å². The van der Waals surface area contributed by atoms with E-state index in [4.69, 9.17) is 4.74 Å². The summed E-state index contributed by atoms with van der Waals surface area (Å²) >= 11 is 3.65. The molecule has 0 atom stereocenters. The van der Waals surface area contributed by atoms with E-state index < -0.39 is 0 Å². The summed E-state index contributed by atoms with van der Waals surface area (Å²) in [5.41, 5.74) is 4.27. The Morgan fingerprint density at radius 1 is 1.07 bits per heavy atom. The maximum absolute atomic E-state index is 13.3. The summed E-state index contributed by atoms with van der Waals surface area (Å²) < 4.78 is 7.72. The van der Waals surface area contributed by atoms with Gasteiger partial charge in [-0.1, -0.05) is 30.3 Å². The van der Waals surface area contributed by atoms with Crippen LogP contribution in [0.3, 0.4) is 0 Å². The van der Waals surface area contributed by atoms with Gasteiger partial charge in [-0.05, 0) is 57.9 Å². The second kappa shape index (κ2) is 7.34. The number of nitrogens with zero attached hydrogens (tertiary/aromatic N) is 2. The van der Waals surface area contributed by atoms with Crippen molar-refractivity contribution < 1.29 is 9.53 Å². The number of pyridine rings is 1. The fourth-order valence-electron chi connectivity index (χ4n) is 3.26. The van der Waals surface area contributed by atoms with Gasteiger partial charge in [0.1, 0.15) is 11.4 Å². The van der Waals surface area contributed by atoms with Gasteiger partial charge in [0.15, 0.2) is 0 Å². The summed E-state index contributed by atoms with van der Waals surface area (Å²) in [6.07, 6.45) is 1.77. The van der Waals surface area contributed by atoms with E-state index in [0.29, 0.717) is 27.0 Å². The van der Waals surface area contributed by atoms with Gasteiger partial charge in [-0.25, -0.2) is 0 Å². The van der Waals surface area contributed by atoms with Gasteiger partial charge in [0.05, 0.1) is 28.7 Å². The van der Waals surface area contributed by atoms with Crippen LogP contribution in [-0.4, -0.2) is 17.3 Å². The van der Waals surface area contributed by atoms with Crippen LogP contribution in [0.5, 0.6) is 5.75 Å². The van der Waals surface area contributed by atoms with Crippen LogP contribution in [0.4, 0.5) is 0 Å². The van der Waals surface area contributed by atoms with E-state index >= 15 is 0 Å². The molecular formula is C23H15BrN2O2. The molecule has 0 aliphatic heterocycles. The minimum absolute atomic E-state index is 0.114. The van der Waals surface area contributed by atoms with Crippen LogP contribution in [0.25, 0.3) is 16.6 Å². The van der Waals surface area contributed by atoms with Crippen LogP contribution in [-0.2, 0) is 0 Å². The highest BCUT2D eigenvalue weighted by Crippen LogP contribution is 2.38. The number of carbonyl (C=O) groups is 1. The Labute approximate surface area is 170 Å². The number of aromatic nitrogens is 1. The zero-order chi connectivity index (χ0) is 19.7. The smallest absolute Gasteiger partial charge is 0.210 e. The highest BCUT2D eigenvalue weighted by molar-refractivity contribution is 9.10. The van der Waals surface area contributed by atoms with Crippen molar-refractivity contribution in [1.82, 2.24) is 4.40 Å². The molecule has 2 aromatic carbocycles. The molecule has 2 heterocycles. The molecule has 0 spiro atoms. The molecule has 136 valence electrons. The first kappa shape index (κ1) is 18.0. The molecule has 0 unspecified atom stereocenters. The Morgan fingerprint density at radius 2 is 1.79 bits per heavy atom. The minimum Gasteiger partial charge on any atom is -0.497 e. The van der Waals surface area contributed by atoms with E-state index in [0.717, 1.165) is 16.6 Å². The van der Waals surface area contributed by atoms with E-state index in [-0.39, 0.29) is 5.78 Å². The van der Waals surface area contributed by atoms with Crippen LogP contribution in [0.1, 0.15) is 21.6 Å². The van der Waals surface area contributed by atoms with E-state index in [1.54, 1.807) is 49.7 Å². The molecule has 0 amide bonds. The Bertz CT molecular complexity index is 1220. The number of benzene rings is 2. The Morgan fingerprint density at radius 3 is 2.43 bits per heavy atom. The lowest BCUT2D eigenvalue weighted by molar-refractivity contribution is 0.103. The Hall–Kier alpha value is -3.36. The van der Waals surface area contributed by atoms with Gasteiger partial charge in [0.25, 0.3) is 0 Å². The normalized spacial score (nSPS) is 10.6. The number of hydrogen-bond acceptors (Lipinski definition) is 3. The molecule has 4 aromatic rings. The number of rotatable bonds is 4. The van der Waals surface area contributed by atoms with Crippen molar-refractivity contribution in [1.29, 1.82) is 5.26 Å². The summed E-state index contributed by atoms with van der Waals surface area (Å²) in [5.74, 6) is 0.579.